The maximum Gasteiger partial charge on any atom is 0.338 e. The number of hydrogen-bond acceptors (Lipinski definition) is 7. The molecule has 2 aromatic rings. The minimum absolute atomic E-state index is 0.115. The van der Waals surface area contributed by atoms with E-state index in [1.165, 1.54) is 0 Å². The van der Waals surface area contributed by atoms with Crippen LogP contribution in [-0.4, -0.2) is 48.8 Å². The first-order valence-corrected chi connectivity index (χ1v) is 12.5. The van der Waals surface area contributed by atoms with Crippen molar-refractivity contribution in [2.24, 2.45) is 0 Å². The molecule has 0 spiro atoms. The molecule has 37 heavy (non-hydrogen) atoms. The zero-order valence-corrected chi connectivity index (χ0v) is 22.7. The number of nitrogens with one attached hydrogen (secondary N) is 1. The highest BCUT2D eigenvalue weighted by Gasteiger charge is 2.44. The van der Waals surface area contributed by atoms with Crippen LogP contribution in [0.4, 0.5) is 0 Å². The lowest BCUT2D eigenvalue weighted by Crippen LogP contribution is -2.57. The number of ether oxygens (including phenoxy) is 5. The van der Waals surface area contributed by atoms with E-state index in [9.17, 15) is 9.59 Å². The van der Waals surface area contributed by atoms with Gasteiger partial charge in [0.25, 0.3) is 5.91 Å². The first kappa shape index (κ1) is 29.2. The van der Waals surface area contributed by atoms with E-state index in [1.807, 2.05) is 20.8 Å². The van der Waals surface area contributed by atoms with Crippen LogP contribution in [0.15, 0.2) is 42.5 Å². The summed E-state index contributed by atoms with van der Waals surface area (Å²) in [6.07, 6.45) is -2.30. The summed E-state index contributed by atoms with van der Waals surface area (Å²) < 4.78 is 27.4. The molecule has 0 unspecified atom stereocenters. The van der Waals surface area contributed by atoms with E-state index in [-0.39, 0.29) is 26.4 Å². The highest BCUT2D eigenvalue weighted by Crippen LogP contribution is 2.27. The van der Waals surface area contributed by atoms with Crippen molar-refractivity contribution in [1.82, 2.24) is 5.32 Å². The summed E-state index contributed by atoms with van der Waals surface area (Å²) in [5.41, 5.74) is -0.863. The van der Waals surface area contributed by atoms with Crippen LogP contribution in [0.5, 0.6) is 5.75 Å². The fourth-order valence-electron chi connectivity index (χ4n) is 3.75. The Bertz CT molecular complexity index is 1070. The fraction of sp³-hybridized carbons (Fsp3) is 0.444. The lowest BCUT2D eigenvalue weighted by molar-refractivity contribution is -0.161. The van der Waals surface area contributed by atoms with E-state index >= 15 is 0 Å². The van der Waals surface area contributed by atoms with Crippen LogP contribution in [0.25, 0.3) is 0 Å². The molecule has 1 aliphatic heterocycles. The maximum atomic E-state index is 13.1. The van der Waals surface area contributed by atoms with Crippen molar-refractivity contribution in [2.45, 2.75) is 64.3 Å². The molecule has 1 amide bonds. The number of amides is 1. The van der Waals surface area contributed by atoms with Gasteiger partial charge < -0.3 is 29.0 Å². The minimum Gasteiger partial charge on any atom is -0.489 e. The smallest absolute Gasteiger partial charge is 0.338 e. The summed E-state index contributed by atoms with van der Waals surface area (Å²) >= 11 is 12.4. The van der Waals surface area contributed by atoms with E-state index in [0.717, 1.165) is 5.56 Å². The molecule has 0 saturated carbocycles. The van der Waals surface area contributed by atoms with Gasteiger partial charge >= 0.3 is 5.97 Å². The normalized spacial score (nSPS) is 19.2. The van der Waals surface area contributed by atoms with Crippen LogP contribution >= 0.6 is 23.2 Å². The predicted octanol–water partition coefficient (Wildman–Crippen LogP) is 4.76. The van der Waals surface area contributed by atoms with E-state index in [0.29, 0.717) is 21.4 Å². The number of carbonyl (C=O) groups excluding carboxylic acids is 2. The van der Waals surface area contributed by atoms with Gasteiger partial charge in [0.2, 0.25) is 0 Å². The molecule has 3 atom stereocenters. The summed E-state index contributed by atoms with van der Waals surface area (Å²) in [6, 6.07) is 12.4. The van der Waals surface area contributed by atoms with Crippen molar-refractivity contribution in [2.75, 3.05) is 13.4 Å². The molecule has 3 rings (SSSR count). The molecule has 10 heteroatoms. The summed E-state index contributed by atoms with van der Waals surface area (Å²) in [4.78, 5) is 25.2. The van der Waals surface area contributed by atoms with Gasteiger partial charge in [0.1, 0.15) is 24.9 Å². The van der Waals surface area contributed by atoms with Gasteiger partial charge in [-0.1, -0.05) is 41.4 Å². The van der Waals surface area contributed by atoms with Crippen molar-refractivity contribution >= 4 is 35.1 Å². The molecule has 0 aromatic heterocycles. The molecular weight excluding hydrogens is 521 g/mol. The Labute approximate surface area is 227 Å². The molecule has 1 fully saturated rings. The Hall–Kier alpha value is -2.36. The minimum atomic E-state index is -1.62. The predicted molar refractivity (Wildman–Crippen MR) is 138 cm³/mol. The lowest BCUT2D eigenvalue weighted by atomic mass is 10.0. The van der Waals surface area contributed by atoms with Crippen LogP contribution in [0, 0.1) is 6.92 Å². The third kappa shape index (κ3) is 8.32. The van der Waals surface area contributed by atoms with Crippen LogP contribution < -0.4 is 10.1 Å². The van der Waals surface area contributed by atoms with E-state index in [4.69, 9.17) is 53.8 Å². The Balaban J connectivity index is 1.70. The molecule has 1 saturated heterocycles. The van der Waals surface area contributed by atoms with Crippen molar-refractivity contribution in [3.8, 4) is 5.75 Å². The van der Waals surface area contributed by atoms with Gasteiger partial charge in [0.15, 0.2) is 12.2 Å². The molecular formula is C27H31Cl2NO7. The zero-order valence-electron chi connectivity index (χ0n) is 21.2. The first-order chi connectivity index (χ1) is 17.4. The first-order valence-electron chi connectivity index (χ1n) is 11.8. The maximum absolute atomic E-state index is 13.1. The second kappa shape index (κ2) is 12.5. The molecule has 200 valence electrons. The fourth-order valence-corrected chi connectivity index (χ4v) is 4.26. The van der Waals surface area contributed by atoms with Gasteiger partial charge in [-0.05, 0) is 57.5 Å². The van der Waals surface area contributed by atoms with Crippen LogP contribution in [0.3, 0.4) is 0 Å². The van der Waals surface area contributed by atoms with Gasteiger partial charge in [0, 0.05) is 29.0 Å². The van der Waals surface area contributed by atoms with Gasteiger partial charge in [-0.25, -0.2) is 4.79 Å². The highest BCUT2D eigenvalue weighted by molar-refractivity contribution is 6.35. The number of carbonyl (C=O) groups is 2. The van der Waals surface area contributed by atoms with Gasteiger partial charge in [-0.15, -0.1) is 0 Å². The summed E-state index contributed by atoms with van der Waals surface area (Å²) in [6.45, 7) is 13.8. The van der Waals surface area contributed by atoms with E-state index < -0.39 is 35.4 Å². The molecule has 1 N–H and O–H groups in total. The molecule has 2 radical (unpaired) electrons. The summed E-state index contributed by atoms with van der Waals surface area (Å²) in [5.74, 6) is -0.746. The Kier molecular flexibility index (Phi) is 9.83. The topological polar surface area (TPSA) is 92.3 Å². The van der Waals surface area contributed by atoms with Crippen molar-refractivity contribution in [3.63, 3.8) is 0 Å². The highest BCUT2D eigenvalue weighted by atomic mass is 35.5. The molecule has 0 bridgehead atoms. The molecule has 8 nitrogen and oxygen atoms in total. The standard InChI is InChI=1S/C27H31Cl2NO7/c1-6-33-25(32)23-22(35-16-36-23)24(31)30-27(5,37-26(2,3)4)14-17-10-12-18(13-11-17)34-15-19-20(28)8-7-9-21(19)29/h5,7-13,22-23H,6,14-16H2,1-4H3,(H,30,31)/t22-,23-,27+/m1/s1. The van der Waals surface area contributed by atoms with Crippen molar-refractivity contribution in [1.29, 1.82) is 0 Å². The Morgan fingerprint density at radius 3 is 2.27 bits per heavy atom. The summed E-state index contributed by atoms with van der Waals surface area (Å²) in [7, 11) is 0. The third-order valence-corrected chi connectivity index (χ3v) is 5.91. The van der Waals surface area contributed by atoms with Crippen LogP contribution in [0.2, 0.25) is 10.0 Å². The quantitative estimate of drug-likeness (QED) is 0.336. The third-order valence-electron chi connectivity index (χ3n) is 5.21. The lowest BCUT2D eigenvalue weighted by Gasteiger charge is -2.37. The summed E-state index contributed by atoms with van der Waals surface area (Å²) in [5, 5.41) is 3.73. The molecule has 1 heterocycles. The molecule has 2 aromatic carbocycles. The second-order valence-corrected chi connectivity index (χ2v) is 10.3. The van der Waals surface area contributed by atoms with Crippen molar-refractivity contribution < 1.29 is 33.3 Å². The van der Waals surface area contributed by atoms with Crippen LogP contribution in [-0.2, 0) is 41.6 Å². The number of benzene rings is 2. The van der Waals surface area contributed by atoms with E-state index in [1.54, 1.807) is 49.4 Å². The zero-order chi connectivity index (χ0) is 27.2. The monoisotopic (exact) mass is 551 g/mol. The average Bonchev–Trinajstić information content (AvgIpc) is 3.29. The molecule has 0 aliphatic carbocycles. The average molecular weight is 552 g/mol. The number of hydrogen-bond donors (Lipinski definition) is 1. The SMILES string of the molecule is [CH][C@](Cc1ccc(OCc2c(Cl)cccc2Cl)cc1)(NC(=O)[C@@H]1OCO[C@H]1C(=O)OCC)OC(C)(C)C. The Morgan fingerprint density at radius 2 is 1.68 bits per heavy atom. The van der Waals surface area contributed by atoms with Crippen LogP contribution in [0.1, 0.15) is 38.8 Å². The Morgan fingerprint density at radius 1 is 1.05 bits per heavy atom. The van der Waals surface area contributed by atoms with E-state index in [2.05, 4.69) is 5.32 Å². The van der Waals surface area contributed by atoms with Crippen molar-refractivity contribution in [3.05, 3.63) is 70.6 Å². The number of rotatable bonds is 10. The van der Waals surface area contributed by atoms with Gasteiger partial charge in [-0.2, -0.15) is 0 Å². The number of halogens is 2. The largest absolute Gasteiger partial charge is 0.489 e. The number of esters is 1. The van der Waals surface area contributed by atoms with Gasteiger partial charge in [0.05, 0.1) is 12.2 Å². The van der Waals surface area contributed by atoms with Gasteiger partial charge in [-0.3, -0.25) is 4.79 Å². The second-order valence-electron chi connectivity index (χ2n) is 9.45. The molecule has 1 aliphatic rings.